The summed E-state index contributed by atoms with van der Waals surface area (Å²) in [5.41, 5.74) is 3.78. The van der Waals surface area contributed by atoms with Gasteiger partial charge in [-0.3, -0.25) is 0 Å². The largest absolute Gasteiger partial charge is 0.0622 e. The van der Waals surface area contributed by atoms with E-state index in [9.17, 15) is 0 Å². The van der Waals surface area contributed by atoms with Gasteiger partial charge in [-0.2, -0.15) is 0 Å². The molecule has 0 aliphatic heterocycles. The highest BCUT2D eigenvalue weighted by atomic mass is 13.9. The summed E-state index contributed by atoms with van der Waals surface area (Å²) in [5.74, 6) is 0. The first-order valence-corrected chi connectivity index (χ1v) is 6.48. The molecule has 0 aliphatic rings. The van der Waals surface area contributed by atoms with Crippen molar-refractivity contribution in [1.82, 2.24) is 0 Å². The third kappa shape index (κ3) is 4.44. The van der Waals surface area contributed by atoms with E-state index in [4.69, 9.17) is 0 Å². The minimum atomic E-state index is 1.22. The fourth-order valence-electron chi connectivity index (χ4n) is 1.79. The lowest BCUT2D eigenvalue weighted by Gasteiger charge is -1.96. The van der Waals surface area contributed by atoms with Crippen LogP contribution < -0.4 is 0 Å². The molecule has 0 aliphatic carbocycles. The highest BCUT2D eigenvalue weighted by Gasteiger charge is 1.88. The van der Waals surface area contributed by atoms with Gasteiger partial charge in [0.2, 0.25) is 0 Å². The van der Waals surface area contributed by atoms with Crippen LogP contribution in [0.1, 0.15) is 16.7 Å². The van der Waals surface area contributed by atoms with E-state index in [0.717, 1.165) is 0 Å². The van der Waals surface area contributed by atoms with Gasteiger partial charge in [0.05, 0.1) is 0 Å². The number of hydrogen-bond donors (Lipinski definition) is 0. The molecular formula is C19H18. The van der Waals surface area contributed by atoms with Crippen LogP contribution in [0.5, 0.6) is 0 Å². The number of hydrogen-bond acceptors (Lipinski definition) is 0. The normalized spacial score (nSPS) is 11.8. The first kappa shape index (κ1) is 13.1. The lowest BCUT2D eigenvalue weighted by molar-refractivity contribution is 1.44. The van der Waals surface area contributed by atoms with Gasteiger partial charge in [-0.15, -0.1) is 0 Å². The van der Waals surface area contributed by atoms with Crippen LogP contribution in [0.3, 0.4) is 0 Å². The van der Waals surface area contributed by atoms with Crippen LogP contribution in [0.4, 0.5) is 0 Å². The zero-order valence-corrected chi connectivity index (χ0v) is 11.2. The molecular weight excluding hydrogens is 228 g/mol. The fourth-order valence-corrected chi connectivity index (χ4v) is 1.79. The maximum Gasteiger partial charge on any atom is -0.0227 e. The molecule has 2 rings (SSSR count). The van der Waals surface area contributed by atoms with E-state index >= 15 is 0 Å². The summed E-state index contributed by atoms with van der Waals surface area (Å²) in [4.78, 5) is 0. The average molecular weight is 246 g/mol. The van der Waals surface area contributed by atoms with Crippen molar-refractivity contribution in [2.45, 2.75) is 6.92 Å². The van der Waals surface area contributed by atoms with Crippen LogP contribution in [-0.4, -0.2) is 0 Å². The molecule has 0 atom stereocenters. The molecule has 19 heavy (non-hydrogen) atoms. The SMILES string of the molecule is Cc1ccccc1/C=C/C=C/C=C/c1ccccc1. The Morgan fingerprint density at radius 2 is 1.26 bits per heavy atom. The predicted molar refractivity (Wildman–Crippen MR) is 84.8 cm³/mol. The Morgan fingerprint density at radius 3 is 2.00 bits per heavy atom. The van der Waals surface area contributed by atoms with Gasteiger partial charge in [0.15, 0.2) is 0 Å². The number of aryl methyl sites for hydroxylation is 1. The molecule has 0 heterocycles. The van der Waals surface area contributed by atoms with Crippen LogP contribution in [0, 0.1) is 6.92 Å². The van der Waals surface area contributed by atoms with Crippen molar-refractivity contribution in [3.8, 4) is 0 Å². The summed E-state index contributed by atoms with van der Waals surface area (Å²) >= 11 is 0. The molecule has 94 valence electrons. The Labute approximate surface area is 115 Å². The van der Waals surface area contributed by atoms with E-state index in [1.807, 2.05) is 30.4 Å². The lowest BCUT2D eigenvalue weighted by Crippen LogP contribution is -1.76. The van der Waals surface area contributed by atoms with Gasteiger partial charge < -0.3 is 0 Å². The molecule has 0 N–H and O–H groups in total. The van der Waals surface area contributed by atoms with Gasteiger partial charge in [-0.25, -0.2) is 0 Å². The molecule has 0 saturated heterocycles. The summed E-state index contributed by atoms with van der Waals surface area (Å²) in [6.07, 6.45) is 12.4. The molecule has 0 nitrogen and oxygen atoms in total. The third-order valence-electron chi connectivity index (χ3n) is 2.89. The number of allylic oxidation sites excluding steroid dienone is 4. The molecule has 0 radical (unpaired) electrons. The van der Waals surface area contributed by atoms with Gasteiger partial charge in [0, 0.05) is 0 Å². The lowest BCUT2D eigenvalue weighted by atomic mass is 10.1. The average Bonchev–Trinajstić information content (AvgIpc) is 2.45. The van der Waals surface area contributed by atoms with Crippen molar-refractivity contribution < 1.29 is 0 Å². The highest BCUT2D eigenvalue weighted by molar-refractivity contribution is 5.55. The molecule has 0 aromatic heterocycles. The van der Waals surface area contributed by atoms with Crippen molar-refractivity contribution in [3.63, 3.8) is 0 Å². The van der Waals surface area contributed by atoms with Crippen molar-refractivity contribution in [1.29, 1.82) is 0 Å². The van der Waals surface area contributed by atoms with Crippen LogP contribution in [0.2, 0.25) is 0 Å². The molecule has 0 fully saturated rings. The minimum Gasteiger partial charge on any atom is -0.0622 e. The minimum absolute atomic E-state index is 1.22. The summed E-state index contributed by atoms with van der Waals surface area (Å²) in [6.45, 7) is 2.12. The Balaban J connectivity index is 1.91. The van der Waals surface area contributed by atoms with Crippen molar-refractivity contribution >= 4 is 12.2 Å². The smallest absolute Gasteiger partial charge is 0.0227 e. The Hall–Kier alpha value is -2.34. The molecule has 0 bridgehead atoms. The maximum absolute atomic E-state index is 2.13. The van der Waals surface area contributed by atoms with E-state index in [-0.39, 0.29) is 0 Å². The van der Waals surface area contributed by atoms with Gasteiger partial charge in [-0.05, 0) is 23.6 Å². The zero-order valence-electron chi connectivity index (χ0n) is 11.2. The van der Waals surface area contributed by atoms with E-state index in [0.29, 0.717) is 0 Å². The van der Waals surface area contributed by atoms with Gasteiger partial charge in [0.1, 0.15) is 0 Å². The van der Waals surface area contributed by atoms with Gasteiger partial charge in [-0.1, -0.05) is 91.1 Å². The van der Waals surface area contributed by atoms with Crippen LogP contribution >= 0.6 is 0 Å². The van der Waals surface area contributed by atoms with E-state index in [1.54, 1.807) is 0 Å². The van der Waals surface area contributed by atoms with Crippen LogP contribution in [0.25, 0.3) is 12.2 Å². The topological polar surface area (TPSA) is 0 Å². The molecule has 0 saturated carbocycles. The fraction of sp³-hybridized carbons (Fsp3) is 0.0526. The first-order chi connectivity index (χ1) is 9.36. The number of rotatable bonds is 4. The first-order valence-electron chi connectivity index (χ1n) is 6.48. The zero-order chi connectivity index (χ0) is 13.3. The van der Waals surface area contributed by atoms with E-state index < -0.39 is 0 Å². The Kier molecular flexibility index (Phi) is 4.95. The number of benzene rings is 2. The second-order valence-corrected chi connectivity index (χ2v) is 4.37. The molecule has 2 aromatic rings. The van der Waals surface area contributed by atoms with Gasteiger partial charge in [0.25, 0.3) is 0 Å². The molecule has 0 amide bonds. The van der Waals surface area contributed by atoms with Crippen LogP contribution in [0.15, 0.2) is 78.9 Å². The predicted octanol–water partition coefficient (Wildman–Crippen LogP) is 5.28. The standard InChI is InChI=1S/C19H18/c1-17-11-9-10-16-19(17)15-8-3-2-5-12-18-13-6-4-7-14-18/h2-16H,1H3/b3-2+,12-5+,15-8+. The van der Waals surface area contributed by atoms with Crippen molar-refractivity contribution in [3.05, 3.63) is 95.6 Å². The van der Waals surface area contributed by atoms with Crippen LogP contribution in [-0.2, 0) is 0 Å². The third-order valence-corrected chi connectivity index (χ3v) is 2.89. The maximum atomic E-state index is 2.13. The summed E-state index contributed by atoms with van der Waals surface area (Å²) in [7, 11) is 0. The summed E-state index contributed by atoms with van der Waals surface area (Å²) in [6, 6.07) is 18.7. The quantitative estimate of drug-likeness (QED) is 0.644. The second-order valence-electron chi connectivity index (χ2n) is 4.37. The molecule has 2 aromatic carbocycles. The van der Waals surface area contributed by atoms with E-state index in [1.165, 1.54) is 16.7 Å². The highest BCUT2D eigenvalue weighted by Crippen LogP contribution is 2.08. The monoisotopic (exact) mass is 246 g/mol. The van der Waals surface area contributed by atoms with Crippen molar-refractivity contribution in [2.75, 3.05) is 0 Å². The van der Waals surface area contributed by atoms with Crippen molar-refractivity contribution in [2.24, 2.45) is 0 Å². The van der Waals surface area contributed by atoms with E-state index in [2.05, 4.69) is 67.6 Å². The molecule has 0 unspecified atom stereocenters. The van der Waals surface area contributed by atoms with Gasteiger partial charge >= 0.3 is 0 Å². The Bertz CT molecular complexity index is 586. The summed E-state index contributed by atoms with van der Waals surface area (Å²) < 4.78 is 0. The summed E-state index contributed by atoms with van der Waals surface area (Å²) in [5, 5.41) is 0. The molecule has 0 heteroatoms. The second kappa shape index (κ2) is 7.17. The Morgan fingerprint density at radius 1 is 0.632 bits per heavy atom. The molecule has 0 spiro atoms.